The molecule has 4 aromatic carbocycles. The van der Waals surface area contributed by atoms with E-state index in [4.69, 9.17) is 38.0 Å². The minimum absolute atomic E-state index is 0.0402. The molecule has 1 saturated heterocycles. The predicted molar refractivity (Wildman–Crippen MR) is 252 cm³/mol. The summed E-state index contributed by atoms with van der Waals surface area (Å²) in [5.74, 6) is 2.02. The number of H-pyrrole nitrogens is 1. The molecule has 0 amide bonds. The summed E-state index contributed by atoms with van der Waals surface area (Å²) >= 11 is 0. The van der Waals surface area contributed by atoms with E-state index >= 15 is 0 Å². The van der Waals surface area contributed by atoms with Crippen molar-refractivity contribution in [3.05, 3.63) is 136 Å². The van der Waals surface area contributed by atoms with Gasteiger partial charge in [0.15, 0.2) is 11.2 Å². The third-order valence-electron chi connectivity index (χ3n) is 11.0. The maximum absolute atomic E-state index is 13.8. The van der Waals surface area contributed by atoms with Crippen LogP contribution in [0.15, 0.2) is 119 Å². The molecule has 1 unspecified atom stereocenters. The number of aromatic amines is 1. The van der Waals surface area contributed by atoms with Crippen molar-refractivity contribution in [3.63, 3.8) is 0 Å². The number of hydrogen-bond acceptors (Lipinski definition) is 12. The number of rotatable bonds is 20. The number of fused-ring (bicyclic) bond motifs is 1. The molecule has 3 heterocycles. The molecule has 0 spiro atoms. The van der Waals surface area contributed by atoms with Gasteiger partial charge in [-0.3, -0.25) is 14.3 Å². The SMILES string of the molecule is COc1ccc(C(OC[C@H]2O[C@@H](n3c(-c4ccccc4)nc4c(=O)[nH]c(N=CN(C)C)nc43)C[C@@H]2OP(OCCC#N)N(C(C)C)C(C)C)(c2ccccc2)c2ccc(OC)cc2)cc1. The van der Waals surface area contributed by atoms with E-state index in [2.05, 4.69) is 60.5 Å². The second-order valence-corrected chi connectivity index (χ2v) is 17.7. The molecule has 0 saturated carbocycles. The van der Waals surface area contributed by atoms with Gasteiger partial charge in [-0.1, -0.05) is 84.9 Å². The first-order valence-electron chi connectivity index (χ1n) is 21.6. The van der Waals surface area contributed by atoms with Crippen molar-refractivity contribution in [1.82, 2.24) is 29.1 Å². The van der Waals surface area contributed by atoms with E-state index in [0.29, 0.717) is 29.4 Å². The van der Waals surface area contributed by atoms with Crippen molar-refractivity contribution < 1.29 is 28.0 Å². The number of imidazole rings is 1. The van der Waals surface area contributed by atoms with Crippen LogP contribution < -0.4 is 15.0 Å². The zero-order valence-electron chi connectivity index (χ0n) is 38.1. The Balaban J connectivity index is 1.39. The van der Waals surface area contributed by atoms with E-state index in [1.54, 1.807) is 25.5 Å². The van der Waals surface area contributed by atoms with Gasteiger partial charge in [-0.2, -0.15) is 10.2 Å². The van der Waals surface area contributed by atoms with Crippen LogP contribution in [0.4, 0.5) is 5.95 Å². The molecule has 340 valence electrons. The number of aromatic nitrogens is 4. The van der Waals surface area contributed by atoms with Crippen molar-refractivity contribution in [1.29, 1.82) is 5.26 Å². The lowest BCUT2D eigenvalue weighted by Gasteiger charge is -2.39. The topological polar surface area (TPSA) is 162 Å². The average molecular weight is 901 g/mol. The zero-order valence-corrected chi connectivity index (χ0v) is 39.0. The van der Waals surface area contributed by atoms with Gasteiger partial charge in [0.25, 0.3) is 14.1 Å². The quantitative estimate of drug-likeness (QED) is 0.0255. The highest BCUT2D eigenvalue weighted by atomic mass is 31.2. The summed E-state index contributed by atoms with van der Waals surface area (Å²) < 4.78 is 43.5. The highest BCUT2D eigenvalue weighted by Gasteiger charge is 2.46. The van der Waals surface area contributed by atoms with Gasteiger partial charge in [0.1, 0.15) is 35.3 Å². The zero-order chi connectivity index (χ0) is 46.1. The van der Waals surface area contributed by atoms with Crippen LogP contribution in [0, 0.1) is 11.3 Å². The van der Waals surface area contributed by atoms with Crippen LogP contribution in [0.5, 0.6) is 11.5 Å². The molecule has 1 fully saturated rings. The van der Waals surface area contributed by atoms with Crippen molar-refractivity contribution in [2.24, 2.45) is 4.99 Å². The van der Waals surface area contributed by atoms with Crippen LogP contribution in [0.25, 0.3) is 22.6 Å². The summed E-state index contributed by atoms with van der Waals surface area (Å²) in [7, 11) is 5.23. The summed E-state index contributed by atoms with van der Waals surface area (Å²) in [5.41, 5.74) is 2.21. The first-order chi connectivity index (χ1) is 31.5. The van der Waals surface area contributed by atoms with Gasteiger partial charge in [0, 0.05) is 38.2 Å². The number of methoxy groups -OCH3 is 2. The molecule has 0 bridgehead atoms. The van der Waals surface area contributed by atoms with Gasteiger partial charge < -0.3 is 32.9 Å². The maximum Gasteiger partial charge on any atom is 0.280 e. The Morgan fingerprint density at radius 2 is 1.48 bits per heavy atom. The molecule has 7 rings (SSSR count). The standard InChI is InChI=1S/C49H57N8O7P/c1-33(2)57(34(3)4)65(62-29-15-28-50)64-41-30-43(56-45(35-16-11-9-12-17-35)52-44-46(56)53-48(54-47(44)58)51-32-55(5)6)63-42(41)31-61-49(36-18-13-10-14-19-36,37-20-24-39(59-7)25-21-37)38-22-26-40(60-8)27-23-38/h9-14,16-27,32-34,41-43H,15,29-31H2,1-8H3,(H,53,54,58)/t41-,42+,43+,65?/m0/s1. The molecule has 6 aromatic rings. The average Bonchev–Trinajstić information content (AvgIpc) is 3.90. The van der Waals surface area contributed by atoms with Gasteiger partial charge in [0.05, 0.1) is 52.4 Å². The molecular weight excluding hydrogens is 844 g/mol. The maximum atomic E-state index is 13.8. The molecule has 65 heavy (non-hydrogen) atoms. The van der Waals surface area contributed by atoms with Crippen molar-refractivity contribution in [3.8, 4) is 29.0 Å². The second kappa shape index (κ2) is 21.3. The largest absolute Gasteiger partial charge is 0.497 e. The minimum atomic E-state index is -1.72. The van der Waals surface area contributed by atoms with Crippen molar-refractivity contribution >= 4 is 32.0 Å². The monoisotopic (exact) mass is 900 g/mol. The first kappa shape index (κ1) is 47.0. The Morgan fingerprint density at radius 1 is 0.892 bits per heavy atom. The van der Waals surface area contributed by atoms with E-state index in [-0.39, 0.29) is 43.2 Å². The second-order valence-electron chi connectivity index (χ2n) is 16.3. The Morgan fingerprint density at radius 3 is 2.03 bits per heavy atom. The highest BCUT2D eigenvalue weighted by Crippen LogP contribution is 2.51. The van der Waals surface area contributed by atoms with Crippen molar-refractivity contribution in [2.75, 3.05) is 41.5 Å². The van der Waals surface area contributed by atoms with Crippen LogP contribution in [0.1, 0.15) is 63.5 Å². The first-order valence-corrected chi connectivity index (χ1v) is 22.8. The number of nitrogens with zero attached hydrogens (tertiary/aromatic N) is 7. The Labute approximate surface area is 381 Å². The normalized spacial score (nSPS) is 17.0. The highest BCUT2D eigenvalue weighted by molar-refractivity contribution is 7.44. The number of nitrogens with one attached hydrogen (secondary N) is 1. The van der Waals surface area contributed by atoms with Gasteiger partial charge >= 0.3 is 0 Å². The Hall–Kier alpha value is -5.98. The molecule has 0 radical (unpaired) electrons. The Bertz CT molecular complexity index is 2540. The van der Waals surface area contributed by atoms with Gasteiger partial charge in [-0.05, 0) is 68.7 Å². The molecule has 4 atom stereocenters. The van der Waals surface area contributed by atoms with E-state index in [9.17, 15) is 10.1 Å². The molecule has 0 aliphatic carbocycles. The predicted octanol–water partition coefficient (Wildman–Crippen LogP) is 8.98. The number of benzene rings is 4. The van der Waals surface area contributed by atoms with Crippen LogP contribution in [0.3, 0.4) is 0 Å². The van der Waals surface area contributed by atoms with Crippen LogP contribution in [-0.2, 0) is 24.1 Å². The molecule has 15 nitrogen and oxygen atoms in total. The molecule has 2 aromatic heterocycles. The lowest BCUT2D eigenvalue weighted by molar-refractivity contribution is -0.0909. The fraction of sp³-hybridized carbons (Fsp3) is 0.367. The van der Waals surface area contributed by atoms with E-state index < -0.39 is 38.1 Å². The van der Waals surface area contributed by atoms with Gasteiger partial charge in [-0.25, -0.2) is 14.6 Å². The number of nitriles is 1. The Kier molecular flexibility index (Phi) is 15.4. The summed E-state index contributed by atoms with van der Waals surface area (Å²) in [4.78, 5) is 32.5. The summed E-state index contributed by atoms with van der Waals surface area (Å²) in [6.07, 6.45) is -0.00286. The molecule has 1 N–H and O–H groups in total. The van der Waals surface area contributed by atoms with E-state index in [0.717, 1.165) is 22.3 Å². The van der Waals surface area contributed by atoms with Crippen LogP contribution in [0.2, 0.25) is 0 Å². The lowest BCUT2D eigenvalue weighted by Crippen LogP contribution is -2.39. The summed E-state index contributed by atoms with van der Waals surface area (Å²) in [6.45, 7) is 8.63. The van der Waals surface area contributed by atoms with Gasteiger partial charge in [0.2, 0.25) is 5.95 Å². The lowest BCUT2D eigenvalue weighted by atomic mass is 9.80. The molecule has 16 heteroatoms. The van der Waals surface area contributed by atoms with E-state index in [1.165, 1.54) is 0 Å². The van der Waals surface area contributed by atoms with Gasteiger partial charge in [-0.15, -0.1) is 0 Å². The molecule has 1 aliphatic rings. The molecule has 1 aliphatic heterocycles. The fourth-order valence-electron chi connectivity index (χ4n) is 8.08. The van der Waals surface area contributed by atoms with Crippen molar-refractivity contribution in [2.45, 2.75) is 76.7 Å². The number of hydrogen-bond donors (Lipinski definition) is 1. The van der Waals surface area contributed by atoms with Crippen LogP contribution >= 0.6 is 8.53 Å². The third kappa shape index (κ3) is 10.4. The smallest absolute Gasteiger partial charge is 0.280 e. The van der Waals surface area contributed by atoms with Crippen LogP contribution in [-0.4, -0.2) is 101 Å². The third-order valence-corrected chi connectivity index (χ3v) is 13.1. The summed E-state index contributed by atoms with van der Waals surface area (Å²) in [6, 6.07) is 37.7. The van der Waals surface area contributed by atoms with E-state index in [1.807, 2.05) is 116 Å². The summed E-state index contributed by atoms with van der Waals surface area (Å²) in [5, 5.41) is 9.52. The number of ether oxygens (including phenoxy) is 4. The fourth-order valence-corrected chi connectivity index (χ4v) is 9.84. The molecular formula is C49H57N8O7P. The number of aliphatic imine (C=N–C) groups is 1. The minimum Gasteiger partial charge on any atom is -0.497 e.